The SMILES string of the molecule is Cc1ccc(C)c(OCc2ccccc2CNC(C)C)c1. The minimum Gasteiger partial charge on any atom is -0.489 e. The standard InChI is InChI=1S/C19H25NO/c1-14(2)20-12-17-7-5-6-8-18(17)13-21-19-11-15(3)9-10-16(19)4/h5-11,14,20H,12-13H2,1-4H3. The summed E-state index contributed by atoms with van der Waals surface area (Å²) in [5, 5.41) is 3.47. The molecule has 21 heavy (non-hydrogen) atoms. The monoisotopic (exact) mass is 283 g/mol. The van der Waals surface area contributed by atoms with Gasteiger partial charge in [-0.05, 0) is 42.2 Å². The van der Waals surface area contributed by atoms with Crippen LogP contribution in [-0.4, -0.2) is 6.04 Å². The van der Waals surface area contributed by atoms with Gasteiger partial charge in [-0.1, -0.05) is 50.2 Å². The lowest BCUT2D eigenvalue weighted by molar-refractivity contribution is 0.302. The van der Waals surface area contributed by atoms with Crippen LogP contribution in [0.2, 0.25) is 0 Å². The van der Waals surface area contributed by atoms with Gasteiger partial charge in [0.2, 0.25) is 0 Å². The first-order chi connectivity index (χ1) is 10.1. The summed E-state index contributed by atoms with van der Waals surface area (Å²) in [7, 11) is 0. The number of nitrogens with one attached hydrogen (secondary N) is 1. The summed E-state index contributed by atoms with van der Waals surface area (Å²) in [5.41, 5.74) is 4.95. The normalized spacial score (nSPS) is 10.9. The van der Waals surface area contributed by atoms with Crippen LogP contribution in [0.15, 0.2) is 42.5 Å². The molecule has 0 aliphatic heterocycles. The van der Waals surface area contributed by atoms with Gasteiger partial charge in [0.1, 0.15) is 12.4 Å². The van der Waals surface area contributed by atoms with E-state index in [0.717, 1.165) is 12.3 Å². The van der Waals surface area contributed by atoms with Crippen molar-refractivity contribution in [2.24, 2.45) is 0 Å². The Labute approximate surface area is 128 Å². The molecule has 0 fully saturated rings. The third kappa shape index (κ3) is 4.61. The van der Waals surface area contributed by atoms with E-state index in [9.17, 15) is 0 Å². The summed E-state index contributed by atoms with van der Waals surface area (Å²) in [5.74, 6) is 0.974. The van der Waals surface area contributed by atoms with Crippen LogP contribution in [0.5, 0.6) is 5.75 Å². The molecule has 2 nitrogen and oxygen atoms in total. The van der Waals surface area contributed by atoms with Gasteiger partial charge in [-0.15, -0.1) is 0 Å². The van der Waals surface area contributed by atoms with Crippen molar-refractivity contribution in [3.8, 4) is 5.75 Å². The average molecular weight is 283 g/mol. The minimum atomic E-state index is 0.484. The molecule has 0 bridgehead atoms. The van der Waals surface area contributed by atoms with E-state index >= 15 is 0 Å². The van der Waals surface area contributed by atoms with Crippen molar-refractivity contribution in [2.75, 3.05) is 0 Å². The maximum Gasteiger partial charge on any atom is 0.122 e. The molecule has 2 aromatic rings. The summed E-state index contributed by atoms with van der Waals surface area (Å²) >= 11 is 0. The summed E-state index contributed by atoms with van der Waals surface area (Å²) in [6.07, 6.45) is 0. The van der Waals surface area contributed by atoms with E-state index in [0.29, 0.717) is 12.6 Å². The van der Waals surface area contributed by atoms with Gasteiger partial charge in [-0.3, -0.25) is 0 Å². The third-order valence-corrected chi connectivity index (χ3v) is 3.55. The Balaban J connectivity index is 2.07. The van der Waals surface area contributed by atoms with Crippen LogP contribution in [0.3, 0.4) is 0 Å². The van der Waals surface area contributed by atoms with E-state index in [1.54, 1.807) is 0 Å². The van der Waals surface area contributed by atoms with Gasteiger partial charge in [0.15, 0.2) is 0 Å². The molecule has 1 N–H and O–H groups in total. The fourth-order valence-corrected chi connectivity index (χ4v) is 2.20. The largest absolute Gasteiger partial charge is 0.489 e. The van der Waals surface area contributed by atoms with Crippen molar-refractivity contribution >= 4 is 0 Å². The smallest absolute Gasteiger partial charge is 0.122 e. The second kappa shape index (κ2) is 7.28. The van der Waals surface area contributed by atoms with Gasteiger partial charge in [0.25, 0.3) is 0 Å². The Hall–Kier alpha value is -1.80. The number of aryl methyl sites for hydroxylation is 2. The third-order valence-electron chi connectivity index (χ3n) is 3.55. The number of hydrogen-bond acceptors (Lipinski definition) is 2. The molecule has 0 aliphatic rings. The predicted octanol–water partition coefficient (Wildman–Crippen LogP) is 4.38. The molecule has 0 radical (unpaired) electrons. The molecule has 2 heteroatoms. The van der Waals surface area contributed by atoms with Crippen molar-refractivity contribution in [3.63, 3.8) is 0 Å². The molecule has 0 amide bonds. The highest BCUT2D eigenvalue weighted by molar-refractivity contribution is 5.36. The first-order valence-electron chi connectivity index (χ1n) is 7.56. The van der Waals surface area contributed by atoms with E-state index in [1.807, 2.05) is 0 Å². The first-order valence-corrected chi connectivity index (χ1v) is 7.56. The zero-order valence-corrected chi connectivity index (χ0v) is 13.4. The lowest BCUT2D eigenvalue weighted by Crippen LogP contribution is -2.22. The average Bonchev–Trinajstić information content (AvgIpc) is 2.47. The Kier molecular flexibility index (Phi) is 5.40. The van der Waals surface area contributed by atoms with Crippen molar-refractivity contribution < 1.29 is 4.74 Å². The molecule has 0 aliphatic carbocycles. The highest BCUT2D eigenvalue weighted by atomic mass is 16.5. The highest BCUT2D eigenvalue weighted by Crippen LogP contribution is 2.21. The molecule has 2 aromatic carbocycles. The second-order valence-electron chi connectivity index (χ2n) is 5.86. The van der Waals surface area contributed by atoms with Crippen molar-refractivity contribution in [3.05, 3.63) is 64.7 Å². The minimum absolute atomic E-state index is 0.484. The van der Waals surface area contributed by atoms with Crippen LogP contribution in [0, 0.1) is 13.8 Å². The summed E-state index contributed by atoms with van der Waals surface area (Å²) < 4.78 is 6.02. The Morgan fingerprint density at radius 1 is 1.00 bits per heavy atom. The van der Waals surface area contributed by atoms with Crippen LogP contribution >= 0.6 is 0 Å². The van der Waals surface area contributed by atoms with E-state index in [2.05, 4.69) is 75.5 Å². The molecule has 0 saturated heterocycles. The zero-order chi connectivity index (χ0) is 15.2. The molecule has 2 rings (SSSR count). The fraction of sp³-hybridized carbons (Fsp3) is 0.368. The fourth-order valence-electron chi connectivity index (χ4n) is 2.20. The highest BCUT2D eigenvalue weighted by Gasteiger charge is 2.05. The molecular formula is C19H25NO. The lowest BCUT2D eigenvalue weighted by atomic mass is 10.1. The maximum absolute atomic E-state index is 6.02. The second-order valence-corrected chi connectivity index (χ2v) is 5.86. The first kappa shape index (κ1) is 15.6. The van der Waals surface area contributed by atoms with Gasteiger partial charge in [-0.2, -0.15) is 0 Å². The number of benzene rings is 2. The van der Waals surface area contributed by atoms with Crippen LogP contribution in [0.25, 0.3) is 0 Å². The van der Waals surface area contributed by atoms with Gasteiger partial charge in [0.05, 0.1) is 0 Å². The zero-order valence-electron chi connectivity index (χ0n) is 13.4. The summed E-state index contributed by atoms with van der Waals surface area (Å²) in [4.78, 5) is 0. The van der Waals surface area contributed by atoms with Crippen LogP contribution < -0.4 is 10.1 Å². The summed E-state index contributed by atoms with van der Waals surface area (Å²) in [6.45, 7) is 9.99. The van der Waals surface area contributed by atoms with Gasteiger partial charge in [-0.25, -0.2) is 0 Å². The number of ether oxygens (including phenoxy) is 1. The Bertz CT molecular complexity index is 590. The molecule has 0 heterocycles. The molecule has 0 unspecified atom stereocenters. The quantitative estimate of drug-likeness (QED) is 0.849. The molecule has 112 valence electrons. The van der Waals surface area contributed by atoms with E-state index < -0.39 is 0 Å². The van der Waals surface area contributed by atoms with Crippen molar-refractivity contribution in [2.45, 2.75) is 46.9 Å². The van der Waals surface area contributed by atoms with Gasteiger partial charge in [0, 0.05) is 12.6 Å². The molecular weight excluding hydrogens is 258 g/mol. The molecule has 0 aromatic heterocycles. The van der Waals surface area contributed by atoms with Crippen molar-refractivity contribution in [1.82, 2.24) is 5.32 Å². The maximum atomic E-state index is 6.02. The van der Waals surface area contributed by atoms with Crippen LogP contribution in [0.4, 0.5) is 0 Å². The predicted molar refractivity (Wildman–Crippen MR) is 88.7 cm³/mol. The van der Waals surface area contributed by atoms with E-state index in [1.165, 1.54) is 22.3 Å². The Morgan fingerprint density at radius 2 is 1.71 bits per heavy atom. The number of hydrogen-bond donors (Lipinski definition) is 1. The van der Waals surface area contributed by atoms with E-state index in [-0.39, 0.29) is 0 Å². The van der Waals surface area contributed by atoms with Gasteiger partial charge >= 0.3 is 0 Å². The van der Waals surface area contributed by atoms with E-state index in [4.69, 9.17) is 4.74 Å². The van der Waals surface area contributed by atoms with Crippen LogP contribution in [-0.2, 0) is 13.2 Å². The van der Waals surface area contributed by atoms with Crippen LogP contribution in [0.1, 0.15) is 36.1 Å². The molecule has 0 spiro atoms. The lowest BCUT2D eigenvalue weighted by Gasteiger charge is -2.14. The molecule has 0 saturated carbocycles. The molecule has 0 atom stereocenters. The number of rotatable bonds is 6. The van der Waals surface area contributed by atoms with Crippen molar-refractivity contribution in [1.29, 1.82) is 0 Å². The Morgan fingerprint density at radius 3 is 2.43 bits per heavy atom. The summed E-state index contributed by atoms with van der Waals surface area (Å²) in [6, 6.07) is 15.3. The van der Waals surface area contributed by atoms with Gasteiger partial charge < -0.3 is 10.1 Å². The topological polar surface area (TPSA) is 21.3 Å².